The van der Waals surface area contributed by atoms with E-state index in [0.29, 0.717) is 31.9 Å². The average Bonchev–Trinajstić information content (AvgIpc) is 2.65. The number of amides is 2. The number of anilines is 1. The summed E-state index contributed by atoms with van der Waals surface area (Å²) >= 11 is 0. The molecule has 3 rings (SSSR count). The number of piperidine rings is 1. The Kier molecular flexibility index (Phi) is 5.42. The second kappa shape index (κ2) is 7.92. The van der Waals surface area contributed by atoms with Crippen LogP contribution in [0.5, 0.6) is 6.01 Å². The number of ether oxygens (including phenoxy) is 1. The number of para-hydroxylation sites is 1. The predicted octanol–water partition coefficient (Wildman–Crippen LogP) is 3.25. The molecule has 0 radical (unpaired) electrons. The SMILES string of the molecule is CCc1cnc(OC2CCN(C(=O)Nc3ccccc3F)CC2)nc1. The fourth-order valence-electron chi connectivity index (χ4n) is 2.67. The van der Waals surface area contributed by atoms with Crippen LogP contribution in [0.2, 0.25) is 0 Å². The van der Waals surface area contributed by atoms with Gasteiger partial charge in [0.05, 0.1) is 5.69 Å². The number of urea groups is 1. The molecule has 0 unspecified atom stereocenters. The highest BCUT2D eigenvalue weighted by Gasteiger charge is 2.25. The Morgan fingerprint density at radius 2 is 1.96 bits per heavy atom. The van der Waals surface area contributed by atoms with Crippen molar-refractivity contribution in [1.29, 1.82) is 0 Å². The van der Waals surface area contributed by atoms with E-state index in [1.807, 2.05) is 6.92 Å². The maximum absolute atomic E-state index is 13.6. The van der Waals surface area contributed by atoms with E-state index in [-0.39, 0.29) is 17.8 Å². The summed E-state index contributed by atoms with van der Waals surface area (Å²) in [7, 11) is 0. The molecule has 2 heterocycles. The molecule has 1 aromatic carbocycles. The zero-order valence-electron chi connectivity index (χ0n) is 14.1. The van der Waals surface area contributed by atoms with Crippen molar-refractivity contribution < 1.29 is 13.9 Å². The van der Waals surface area contributed by atoms with Gasteiger partial charge in [-0.3, -0.25) is 0 Å². The monoisotopic (exact) mass is 344 g/mol. The van der Waals surface area contributed by atoms with E-state index in [4.69, 9.17) is 4.74 Å². The summed E-state index contributed by atoms with van der Waals surface area (Å²) in [5, 5.41) is 2.60. The lowest BCUT2D eigenvalue weighted by atomic mass is 10.1. The Balaban J connectivity index is 1.49. The number of aromatic nitrogens is 2. The van der Waals surface area contributed by atoms with E-state index in [9.17, 15) is 9.18 Å². The zero-order chi connectivity index (χ0) is 17.6. The zero-order valence-corrected chi connectivity index (χ0v) is 14.1. The number of halogens is 1. The Morgan fingerprint density at radius 3 is 2.60 bits per heavy atom. The van der Waals surface area contributed by atoms with Gasteiger partial charge in [0.25, 0.3) is 0 Å². The van der Waals surface area contributed by atoms with E-state index in [0.717, 1.165) is 12.0 Å². The number of hydrogen-bond acceptors (Lipinski definition) is 4. The number of benzene rings is 1. The van der Waals surface area contributed by atoms with Crippen LogP contribution in [0.4, 0.5) is 14.9 Å². The molecule has 0 aliphatic carbocycles. The molecule has 0 saturated carbocycles. The van der Waals surface area contributed by atoms with Gasteiger partial charge in [-0.25, -0.2) is 19.2 Å². The molecule has 1 aliphatic heterocycles. The number of carbonyl (C=O) groups excluding carboxylic acids is 1. The first kappa shape index (κ1) is 17.1. The van der Waals surface area contributed by atoms with Crippen LogP contribution in [0.1, 0.15) is 25.3 Å². The fourth-order valence-corrected chi connectivity index (χ4v) is 2.67. The van der Waals surface area contributed by atoms with Crippen molar-refractivity contribution in [2.45, 2.75) is 32.3 Å². The van der Waals surface area contributed by atoms with E-state index < -0.39 is 5.82 Å². The van der Waals surface area contributed by atoms with Gasteiger partial charge in [0, 0.05) is 38.3 Å². The maximum atomic E-state index is 13.6. The van der Waals surface area contributed by atoms with Crippen LogP contribution in [-0.4, -0.2) is 40.1 Å². The van der Waals surface area contributed by atoms with E-state index in [1.54, 1.807) is 35.5 Å². The molecule has 2 amide bonds. The van der Waals surface area contributed by atoms with Crippen molar-refractivity contribution in [3.8, 4) is 6.01 Å². The maximum Gasteiger partial charge on any atom is 0.321 e. The number of likely N-dealkylation sites (tertiary alicyclic amines) is 1. The molecule has 25 heavy (non-hydrogen) atoms. The number of hydrogen-bond donors (Lipinski definition) is 1. The van der Waals surface area contributed by atoms with Crippen LogP contribution in [-0.2, 0) is 6.42 Å². The van der Waals surface area contributed by atoms with Crippen LogP contribution >= 0.6 is 0 Å². The molecular formula is C18H21FN4O2. The van der Waals surface area contributed by atoms with Crippen LogP contribution in [0, 0.1) is 5.82 Å². The van der Waals surface area contributed by atoms with Crippen molar-refractivity contribution in [2.24, 2.45) is 0 Å². The molecule has 6 nitrogen and oxygen atoms in total. The minimum Gasteiger partial charge on any atom is -0.460 e. The van der Waals surface area contributed by atoms with Crippen LogP contribution in [0.25, 0.3) is 0 Å². The third kappa shape index (κ3) is 4.43. The van der Waals surface area contributed by atoms with Crippen LogP contribution in [0.15, 0.2) is 36.7 Å². The lowest BCUT2D eigenvalue weighted by Crippen LogP contribution is -2.44. The molecule has 7 heteroatoms. The highest BCUT2D eigenvalue weighted by atomic mass is 19.1. The molecule has 0 bridgehead atoms. The van der Waals surface area contributed by atoms with Gasteiger partial charge in [-0.2, -0.15) is 0 Å². The van der Waals surface area contributed by atoms with Gasteiger partial charge in [0.15, 0.2) is 0 Å². The second-order valence-corrected chi connectivity index (χ2v) is 5.94. The first-order chi connectivity index (χ1) is 12.2. The normalized spacial score (nSPS) is 15.0. The van der Waals surface area contributed by atoms with Gasteiger partial charge >= 0.3 is 12.0 Å². The largest absolute Gasteiger partial charge is 0.460 e. The molecule has 1 N–H and O–H groups in total. The summed E-state index contributed by atoms with van der Waals surface area (Å²) in [6.45, 7) is 3.12. The topological polar surface area (TPSA) is 67.3 Å². The molecule has 1 aliphatic rings. The molecule has 1 aromatic heterocycles. The van der Waals surface area contributed by atoms with Crippen molar-refractivity contribution in [3.05, 3.63) is 48.0 Å². The van der Waals surface area contributed by atoms with Gasteiger partial charge in [-0.05, 0) is 24.1 Å². The minimum atomic E-state index is -0.443. The highest BCUT2D eigenvalue weighted by Crippen LogP contribution is 2.18. The molecule has 0 atom stereocenters. The average molecular weight is 344 g/mol. The molecule has 1 saturated heterocycles. The Labute approximate surface area is 146 Å². The lowest BCUT2D eigenvalue weighted by molar-refractivity contribution is 0.107. The number of nitrogens with zero attached hydrogens (tertiary/aromatic N) is 3. The van der Waals surface area contributed by atoms with Gasteiger partial charge in [0.1, 0.15) is 11.9 Å². The minimum absolute atomic E-state index is 0.0232. The first-order valence-electron chi connectivity index (χ1n) is 8.43. The van der Waals surface area contributed by atoms with E-state index in [2.05, 4.69) is 15.3 Å². The standard InChI is InChI=1S/C18H21FN4O2/c1-2-13-11-20-17(21-12-13)25-14-7-9-23(10-8-14)18(24)22-16-6-4-3-5-15(16)19/h3-6,11-12,14H,2,7-10H2,1H3,(H,22,24). The predicted molar refractivity (Wildman–Crippen MR) is 92.1 cm³/mol. The summed E-state index contributed by atoms with van der Waals surface area (Å²) in [4.78, 5) is 22.3. The summed E-state index contributed by atoms with van der Waals surface area (Å²) in [6, 6.07) is 6.20. The van der Waals surface area contributed by atoms with Crippen LogP contribution < -0.4 is 10.1 Å². The molecule has 132 valence electrons. The quantitative estimate of drug-likeness (QED) is 0.924. The van der Waals surface area contributed by atoms with Crippen molar-refractivity contribution in [2.75, 3.05) is 18.4 Å². The number of rotatable bonds is 4. The lowest BCUT2D eigenvalue weighted by Gasteiger charge is -2.31. The summed E-state index contributed by atoms with van der Waals surface area (Å²) in [5.41, 5.74) is 1.25. The summed E-state index contributed by atoms with van der Waals surface area (Å²) in [6.07, 6.45) is 5.76. The third-order valence-electron chi connectivity index (χ3n) is 4.21. The molecule has 2 aromatic rings. The van der Waals surface area contributed by atoms with Gasteiger partial charge in [-0.1, -0.05) is 19.1 Å². The molecule has 0 spiro atoms. The van der Waals surface area contributed by atoms with Crippen molar-refractivity contribution in [3.63, 3.8) is 0 Å². The first-order valence-corrected chi connectivity index (χ1v) is 8.43. The Hall–Kier alpha value is -2.70. The van der Waals surface area contributed by atoms with Crippen LogP contribution in [0.3, 0.4) is 0 Å². The highest BCUT2D eigenvalue weighted by molar-refractivity contribution is 5.89. The summed E-state index contributed by atoms with van der Waals surface area (Å²) < 4.78 is 19.4. The van der Waals surface area contributed by atoms with Crippen molar-refractivity contribution >= 4 is 11.7 Å². The Bertz CT molecular complexity index is 715. The smallest absolute Gasteiger partial charge is 0.321 e. The fraction of sp³-hybridized carbons (Fsp3) is 0.389. The molecule has 1 fully saturated rings. The number of nitrogens with one attached hydrogen (secondary N) is 1. The third-order valence-corrected chi connectivity index (χ3v) is 4.21. The van der Waals surface area contributed by atoms with Gasteiger partial charge < -0.3 is 15.0 Å². The van der Waals surface area contributed by atoms with E-state index >= 15 is 0 Å². The van der Waals surface area contributed by atoms with E-state index in [1.165, 1.54) is 6.07 Å². The molecular weight excluding hydrogens is 323 g/mol. The Morgan fingerprint density at radius 1 is 1.28 bits per heavy atom. The van der Waals surface area contributed by atoms with Crippen molar-refractivity contribution in [1.82, 2.24) is 14.9 Å². The second-order valence-electron chi connectivity index (χ2n) is 5.94. The number of aryl methyl sites for hydroxylation is 1. The van der Waals surface area contributed by atoms with Gasteiger partial charge in [-0.15, -0.1) is 0 Å². The summed E-state index contributed by atoms with van der Waals surface area (Å²) in [5.74, 6) is -0.443. The number of carbonyl (C=O) groups is 1. The van der Waals surface area contributed by atoms with Gasteiger partial charge in [0.2, 0.25) is 0 Å².